The number of halogens is 1. The number of benzene rings is 2. The Morgan fingerprint density at radius 2 is 1.96 bits per heavy atom. The Bertz CT molecular complexity index is 734. The van der Waals surface area contributed by atoms with Gasteiger partial charge in [-0.3, -0.25) is 4.79 Å². The van der Waals surface area contributed by atoms with E-state index in [-0.39, 0.29) is 5.91 Å². The third-order valence-electron chi connectivity index (χ3n) is 4.14. The number of hydrogen-bond donors (Lipinski definition) is 1. The summed E-state index contributed by atoms with van der Waals surface area (Å²) in [6.45, 7) is 3.95. The van der Waals surface area contributed by atoms with E-state index in [1.54, 1.807) is 11.8 Å². The van der Waals surface area contributed by atoms with Crippen LogP contribution in [0.3, 0.4) is 0 Å². The molecule has 2 aromatic carbocycles. The third-order valence-corrected chi connectivity index (χ3v) is 5.43. The van der Waals surface area contributed by atoms with Crippen LogP contribution in [0.2, 0.25) is 5.02 Å². The third kappa shape index (κ3) is 3.91. The van der Waals surface area contributed by atoms with Crippen LogP contribution in [0.4, 0.5) is 5.69 Å². The zero-order valence-electron chi connectivity index (χ0n) is 13.4. The molecule has 0 atom stereocenters. The van der Waals surface area contributed by atoms with Gasteiger partial charge in [0.2, 0.25) is 5.91 Å². The summed E-state index contributed by atoms with van der Waals surface area (Å²) in [6, 6.07) is 10.4. The maximum Gasteiger partial charge on any atom is 0.234 e. The molecule has 0 bridgehead atoms. The summed E-state index contributed by atoms with van der Waals surface area (Å²) >= 11 is 7.81. The lowest BCUT2D eigenvalue weighted by Crippen LogP contribution is -2.15. The van der Waals surface area contributed by atoms with Gasteiger partial charge in [0.05, 0.1) is 16.5 Å². The minimum Gasteiger partial charge on any atom is -0.324 e. The van der Waals surface area contributed by atoms with Crippen molar-refractivity contribution >= 4 is 35.0 Å². The summed E-state index contributed by atoms with van der Waals surface area (Å²) in [7, 11) is 0. The fourth-order valence-corrected chi connectivity index (χ4v) is 4.16. The number of carbonyl (C=O) groups is 1. The van der Waals surface area contributed by atoms with Crippen LogP contribution in [0.5, 0.6) is 0 Å². The molecule has 3 rings (SSSR count). The highest BCUT2D eigenvalue weighted by Gasteiger charge is 2.13. The van der Waals surface area contributed by atoms with E-state index < -0.39 is 0 Å². The summed E-state index contributed by atoms with van der Waals surface area (Å²) in [6.07, 6.45) is 3.59. The average molecular weight is 346 g/mol. The van der Waals surface area contributed by atoms with Crippen LogP contribution in [-0.4, -0.2) is 11.7 Å². The summed E-state index contributed by atoms with van der Waals surface area (Å²) in [5.41, 5.74) is 5.70. The van der Waals surface area contributed by atoms with Gasteiger partial charge in [0.1, 0.15) is 0 Å². The van der Waals surface area contributed by atoms with Crippen LogP contribution in [0.1, 0.15) is 28.7 Å². The molecule has 0 aliphatic heterocycles. The van der Waals surface area contributed by atoms with Crippen molar-refractivity contribution in [1.82, 2.24) is 0 Å². The molecule has 4 heteroatoms. The van der Waals surface area contributed by atoms with Gasteiger partial charge in [0.15, 0.2) is 0 Å². The van der Waals surface area contributed by atoms with Crippen LogP contribution in [0, 0.1) is 13.8 Å². The highest BCUT2D eigenvalue weighted by atomic mass is 35.5. The first-order valence-electron chi connectivity index (χ1n) is 7.84. The van der Waals surface area contributed by atoms with Gasteiger partial charge in [0.25, 0.3) is 0 Å². The Hall–Kier alpha value is -1.45. The average Bonchev–Trinajstić information content (AvgIpc) is 2.96. The SMILES string of the molecule is Cc1cc(C)c(NC(=O)CSc2ccc3c(c2)CCC3)c(Cl)c1. The quantitative estimate of drug-likeness (QED) is 0.774. The summed E-state index contributed by atoms with van der Waals surface area (Å²) in [4.78, 5) is 13.4. The molecule has 0 spiro atoms. The van der Waals surface area contributed by atoms with Crippen molar-refractivity contribution in [2.24, 2.45) is 0 Å². The van der Waals surface area contributed by atoms with Crippen molar-refractivity contribution in [2.45, 2.75) is 38.0 Å². The molecule has 2 nitrogen and oxygen atoms in total. The van der Waals surface area contributed by atoms with E-state index >= 15 is 0 Å². The van der Waals surface area contributed by atoms with E-state index in [1.165, 1.54) is 24.0 Å². The van der Waals surface area contributed by atoms with Gasteiger partial charge >= 0.3 is 0 Å². The van der Waals surface area contributed by atoms with Gasteiger partial charge in [-0.15, -0.1) is 11.8 Å². The van der Waals surface area contributed by atoms with Crippen LogP contribution < -0.4 is 5.32 Å². The van der Waals surface area contributed by atoms with Crippen molar-refractivity contribution < 1.29 is 4.79 Å². The summed E-state index contributed by atoms with van der Waals surface area (Å²) in [5.74, 6) is 0.368. The molecule has 0 fully saturated rings. The van der Waals surface area contributed by atoms with Crippen molar-refractivity contribution in [1.29, 1.82) is 0 Å². The number of nitrogens with one attached hydrogen (secondary N) is 1. The van der Waals surface area contributed by atoms with Crippen LogP contribution in [-0.2, 0) is 17.6 Å². The molecule has 0 unspecified atom stereocenters. The Labute approximate surface area is 146 Å². The second-order valence-electron chi connectivity index (χ2n) is 6.06. The smallest absolute Gasteiger partial charge is 0.234 e. The second kappa shape index (κ2) is 6.98. The van der Waals surface area contributed by atoms with Crippen LogP contribution in [0.15, 0.2) is 35.2 Å². The molecule has 1 amide bonds. The van der Waals surface area contributed by atoms with Crippen molar-refractivity contribution in [2.75, 3.05) is 11.1 Å². The number of fused-ring (bicyclic) bond motifs is 1. The fourth-order valence-electron chi connectivity index (χ4n) is 3.04. The Morgan fingerprint density at radius 1 is 1.17 bits per heavy atom. The number of hydrogen-bond acceptors (Lipinski definition) is 2. The lowest BCUT2D eigenvalue weighted by molar-refractivity contribution is -0.113. The lowest BCUT2D eigenvalue weighted by atomic mass is 10.1. The fraction of sp³-hybridized carbons (Fsp3) is 0.316. The number of anilines is 1. The molecule has 0 radical (unpaired) electrons. The molecule has 0 heterocycles. The van der Waals surface area contributed by atoms with E-state index in [1.807, 2.05) is 26.0 Å². The van der Waals surface area contributed by atoms with E-state index in [2.05, 4.69) is 23.5 Å². The molecule has 1 N–H and O–H groups in total. The molecule has 1 aliphatic rings. The van der Waals surface area contributed by atoms with Crippen molar-refractivity contribution in [3.63, 3.8) is 0 Å². The number of amides is 1. The Morgan fingerprint density at radius 3 is 2.74 bits per heavy atom. The van der Waals surface area contributed by atoms with E-state index in [0.717, 1.165) is 28.1 Å². The summed E-state index contributed by atoms with van der Waals surface area (Å²) in [5, 5.41) is 3.53. The molecule has 0 saturated heterocycles. The van der Waals surface area contributed by atoms with Gasteiger partial charge < -0.3 is 5.32 Å². The molecule has 1 aliphatic carbocycles. The van der Waals surface area contributed by atoms with Crippen LogP contribution >= 0.6 is 23.4 Å². The van der Waals surface area contributed by atoms with Gasteiger partial charge in [-0.25, -0.2) is 0 Å². The monoisotopic (exact) mass is 345 g/mol. The van der Waals surface area contributed by atoms with E-state index in [9.17, 15) is 4.79 Å². The topological polar surface area (TPSA) is 29.1 Å². The molecular weight excluding hydrogens is 326 g/mol. The number of thioether (sulfide) groups is 1. The first kappa shape index (κ1) is 16.4. The maximum atomic E-state index is 12.2. The first-order chi connectivity index (χ1) is 11.0. The molecule has 23 heavy (non-hydrogen) atoms. The van der Waals surface area contributed by atoms with Gasteiger partial charge in [-0.1, -0.05) is 23.7 Å². The molecule has 0 saturated carbocycles. The number of rotatable bonds is 4. The van der Waals surface area contributed by atoms with Crippen molar-refractivity contribution in [3.05, 3.63) is 57.6 Å². The second-order valence-corrected chi connectivity index (χ2v) is 7.52. The van der Waals surface area contributed by atoms with E-state index in [4.69, 9.17) is 11.6 Å². The molecule has 0 aromatic heterocycles. The highest BCUT2D eigenvalue weighted by Crippen LogP contribution is 2.29. The predicted octanol–water partition coefficient (Wildman–Crippen LogP) is 5.18. The minimum atomic E-state index is -0.0237. The predicted molar refractivity (Wildman–Crippen MR) is 98.7 cm³/mol. The zero-order valence-corrected chi connectivity index (χ0v) is 15.0. The number of carbonyl (C=O) groups excluding carboxylic acids is 1. The first-order valence-corrected chi connectivity index (χ1v) is 9.20. The number of aryl methyl sites for hydroxylation is 4. The van der Waals surface area contributed by atoms with Gasteiger partial charge in [-0.2, -0.15) is 0 Å². The zero-order chi connectivity index (χ0) is 16.4. The van der Waals surface area contributed by atoms with Crippen molar-refractivity contribution in [3.8, 4) is 0 Å². The maximum absolute atomic E-state index is 12.2. The molecule has 2 aromatic rings. The standard InChI is InChI=1S/C19H20ClNOS/c1-12-8-13(2)19(17(20)9-12)21-18(22)11-23-16-7-6-14-4-3-5-15(14)10-16/h6-10H,3-5,11H2,1-2H3,(H,21,22). The lowest BCUT2D eigenvalue weighted by Gasteiger charge is -2.11. The Kier molecular flexibility index (Phi) is 4.98. The van der Waals surface area contributed by atoms with Crippen LogP contribution in [0.25, 0.3) is 0 Å². The van der Waals surface area contributed by atoms with Gasteiger partial charge in [0, 0.05) is 4.90 Å². The van der Waals surface area contributed by atoms with E-state index in [0.29, 0.717) is 10.8 Å². The summed E-state index contributed by atoms with van der Waals surface area (Å²) < 4.78 is 0. The highest BCUT2D eigenvalue weighted by molar-refractivity contribution is 8.00. The van der Waals surface area contributed by atoms with Gasteiger partial charge in [-0.05, 0) is 73.6 Å². The molecule has 120 valence electrons. The Balaban J connectivity index is 1.62. The minimum absolute atomic E-state index is 0.0237. The molecular formula is C19H20ClNOS. The largest absolute Gasteiger partial charge is 0.324 e. The normalized spacial score (nSPS) is 13.0.